The lowest BCUT2D eigenvalue weighted by Crippen LogP contribution is -2.17. The normalized spacial score (nSPS) is 13.1. The second-order valence-electron chi connectivity index (χ2n) is 7.60. The molecule has 35 heavy (non-hydrogen) atoms. The third kappa shape index (κ3) is 4.74. The number of halogens is 6. The smallest absolute Gasteiger partial charge is 0.382 e. The first kappa shape index (κ1) is 24.0. The fourth-order valence-electron chi connectivity index (χ4n) is 3.44. The zero-order chi connectivity index (χ0) is 25.5. The fourth-order valence-corrected chi connectivity index (χ4v) is 3.44. The molecule has 7 nitrogen and oxygen atoms in total. The van der Waals surface area contributed by atoms with Crippen LogP contribution in [0.1, 0.15) is 34.3 Å². The molecule has 1 unspecified atom stereocenters. The number of alkyl halides is 6. The molecule has 0 saturated carbocycles. The minimum Gasteiger partial charge on any atom is -0.382 e. The second-order valence-corrected chi connectivity index (χ2v) is 7.60. The molecule has 0 aliphatic carbocycles. The molecule has 4 aromatic rings. The quantitative estimate of drug-likeness (QED) is 0.374. The highest BCUT2D eigenvalue weighted by atomic mass is 19.4. The van der Waals surface area contributed by atoms with Gasteiger partial charge in [0.05, 0.1) is 17.0 Å². The van der Waals surface area contributed by atoms with Gasteiger partial charge in [0.2, 0.25) is 0 Å². The van der Waals surface area contributed by atoms with Crippen molar-refractivity contribution >= 4 is 28.6 Å². The van der Waals surface area contributed by atoms with Crippen molar-refractivity contribution in [1.82, 2.24) is 19.5 Å². The van der Waals surface area contributed by atoms with E-state index in [0.717, 1.165) is 25.5 Å². The lowest BCUT2D eigenvalue weighted by Gasteiger charge is -2.14. The van der Waals surface area contributed by atoms with Gasteiger partial charge in [-0.3, -0.25) is 4.79 Å². The van der Waals surface area contributed by atoms with Crippen molar-refractivity contribution in [1.29, 1.82) is 0 Å². The minimum absolute atomic E-state index is 0.0342. The van der Waals surface area contributed by atoms with E-state index in [1.807, 2.05) is 0 Å². The molecule has 0 bridgehead atoms. The number of nitrogens with one attached hydrogen (secondary N) is 1. The Hall–Kier alpha value is -4.16. The molecule has 3 N–H and O–H groups in total. The number of amides is 1. The standard InChI is InChI=1S/C22H16F6N6O/c1-11(21(23,24)25)15-9-34(18-17(15)31-10-32-19(18)29)14-4-2-12(3-5-14)20(35)33-16-8-13(6-7-30-16)22(26,27)28/h2-11H,1H3,(H2,29,31,32)(H,30,33,35). The molecule has 4 rings (SSSR count). The Labute approximate surface area is 193 Å². The monoisotopic (exact) mass is 494 g/mol. The van der Waals surface area contributed by atoms with Gasteiger partial charge in [0.15, 0.2) is 5.82 Å². The zero-order valence-corrected chi connectivity index (χ0v) is 17.8. The van der Waals surface area contributed by atoms with Crippen molar-refractivity contribution in [2.75, 3.05) is 11.1 Å². The van der Waals surface area contributed by atoms with E-state index in [-0.39, 0.29) is 33.8 Å². The molecule has 0 aliphatic heterocycles. The van der Waals surface area contributed by atoms with Crippen LogP contribution in [-0.4, -0.2) is 31.6 Å². The topological polar surface area (TPSA) is 98.7 Å². The largest absolute Gasteiger partial charge is 0.416 e. The van der Waals surface area contributed by atoms with Crippen LogP contribution < -0.4 is 11.1 Å². The summed E-state index contributed by atoms with van der Waals surface area (Å²) in [6.07, 6.45) is -5.86. The first-order valence-corrected chi connectivity index (χ1v) is 9.99. The number of anilines is 2. The molecular formula is C22H16F6N6O. The van der Waals surface area contributed by atoms with Crippen LogP contribution >= 0.6 is 0 Å². The molecule has 0 radical (unpaired) electrons. The van der Waals surface area contributed by atoms with E-state index in [0.29, 0.717) is 11.8 Å². The number of nitrogen functional groups attached to an aromatic ring is 1. The van der Waals surface area contributed by atoms with Crippen molar-refractivity contribution in [2.45, 2.75) is 25.2 Å². The van der Waals surface area contributed by atoms with Gasteiger partial charge in [-0.25, -0.2) is 15.0 Å². The highest BCUT2D eigenvalue weighted by molar-refractivity contribution is 6.04. The van der Waals surface area contributed by atoms with Gasteiger partial charge in [0.1, 0.15) is 17.7 Å². The third-order valence-corrected chi connectivity index (χ3v) is 5.33. The number of nitrogens with zero attached hydrogens (tertiary/aromatic N) is 4. The van der Waals surface area contributed by atoms with Crippen molar-refractivity contribution in [3.05, 3.63) is 71.8 Å². The van der Waals surface area contributed by atoms with Crippen LogP contribution in [0.2, 0.25) is 0 Å². The number of rotatable bonds is 4. The number of pyridine rings is 1. The van der Waals surface area contributed by atoms with Gasteiger partial charge in [0, 0.05) is 29.2 Å². The molecule has 0 aliphatic rings. The Balaban J connectivity index is 1.65. The summed E-state index contributed by atoms with van der Waals surface area (Å²) in [6.45, 7) is 1.01. The van der Waals surface area contributed by atoms with Crippen molar-refractivity contribution in [3.8, 4) is 5.69 Å². The van der Waals surface area contributed by atoms with E-state index in [9.17, 15) is 31.1 Å². The first-order chi connectivity index (χ1) is 16.4. The Kier molecular flexibility index (Phi) is 5.87. The van der Waals surface area contributed by atoms with E-state index in [1.165, 1.54) is 35.0 Å². The minimum atomic E-state index is -4.60. The summed E-state index contributed by atoms with van der Waals surface area (Å²) in [6, 6.07) is 7.08. The maximum absolute atomic E-state index is 13.4. The van der Waals surface area contributed by atoms with Gasteiger partial charge in [-0.05, 0) is 43.3 Å². The van der Waals surface area contributed by atoms with Gasteiger partial charge in [-0.1, -0.05) is 0 Å². The Bertz CT molecular complexity index is 1390. The lowest BCUT2D eigenvalue weighted by atomic mass is 10.0. The SMILES string of the molecule is CC(c1cn(-c2ccc(C(=O)Nc3cc(C(F)(F)F)ccn3)cc2)c2c(N)ncnc12)C(F)(F)F. The molecule has 0 fully saturated rings. The number of fused-ring (bicyclic) bond motifs is 1. The summed E-state index contributed by atoms with van der Waals surface area (Å²) in [7, 11) is 0. The molecule has 1 aromatic carbocycles. The highest BCUT2D eigenvalue weighted by Gasteiger charge is 2.39. The average molecular weight is 494 g/mol. The predicted octanol–water partition coefficient (Wildman–Crippen LogP) is 5.33. The second kappa shape index (κ2) is 8.56. The van der Waals surface area contributed by atoms with Gasteiger partial charge in [-0.15, -0.1) is 0 Å². The number of benzene rings is 1. The summed E-state index contributed by atoms with van der Waals surface area (Å²) in [5.74, 6) is -2.88. The fraction of sp³-hybridized carbons (Fsp3) is 0.182. The van der Waals surface area contributed by atoms with Crippen LogP contribution in [0.3, 0.4) is 0 Å². The molecule has 0 spiro atoms. The van der Waals surface area contributed by atoms with Crippen molar-refractivity contribution < 1.29 is 31.1 Å². The average Bonchev–Trinajstić information content (AvgIpc) is 3.18. The Morgan fingerprint density at radius 1 is 1.03 bits per heavy atom. The Morgan fingerprint density at radius 2 is 1.71 bits per heavy atom. The summed E-state index contributed by atoms with van der Waals surface area (Å²) < 4.78 is 80.2. The number of hydrogen-bond donors (Lipinski definition) is 2. The molecule has 182 valence electrons. The van der Waals surface area contributed by atoms with Gasteiger partial charge in [-0.2, -0.15) is 26.3 Å². The maximum Gasteiger partial charge on any atom is 0.416 e. The molecular weight excluding hydrogens is 478 g/mol. The molecule has 1 atom stereocenters. The van der Waals surface area contributed by atoms with E-state index in [1.54, 1.807) is 0 Å². The van der Waals surface area contributed by atoms with Crippen LogP contribution in [0.5, 0.6) is 0 Å². The first-order valence-electron chi connectivity index (χ1n) is 9.99. The van der Waals surface area contributed by atoms with Crippen LogP contribution in [0.25, 0.3) is 16.7 Å². The molecule has 3 aromatic heterocycles. The summed E-state index contributed by atoms with van der Waals surface area (Å²) in [5, 5.41) is 2.28. The molecule has 1 amide bonds. The summed E-state index contributed by atoms with van der Waals surface area (Å²) in [5.41, 5.74) is 5.51. The number of carbonyl (C=O) groups excluding carboxylic acids is 1. The van der Waals surface area contributed by atoms with Crippen molar-refractivity contribution in [2.24, 2.45) is 0 Å². The van der Waals surface area contributed by atoms with Gasteiger partial charge >= 0.3 is 12.4 Å². The predicted molar refractivity (Wildman–Crippen MR) is 115 cm³/mol. The number of hydrogen-bond acceptors (Lipinski definition) is 5. The summed E-state index contributed by atoms with van der Waals surface area (Å²) >= 11 is 0. The van der Waals surface area contributed by atoms with Gasteiger partial charge < -0.3 is 15.6 Å². The molecule has 0 saturated heterocycles. The van der Waals surface area contributed by atoms with Crippen LogP contribution in [-0.2, 0) is 6.18 Å². The molecule has 13 heteroatoms. The summed E-state index contributed by atoms with van der Waals surface area (Å²) in [4.78, 5) is 24.0. The zero-order valence-electron chi connectivity index (χ0n) is 17.8. The number of carbonyl (C=O) groups is 1. The Morgan fingerprint density at radius 3 is 2.34 bits per heavy atom. The van der Waals surface area contributed by atoms with E-state index < -0.39 is 29.7 Å². The number of nitrogens with two attached hydrogens (primary N) is 1. The number of aromatic nitrogens is 4. The van der Waals surface area contributed by atoms with Gasteiger partial charge in [0.25, 0.3) is 5.91 Å². The highest BCUT2D eigenvalue weighted by Crippen LogP contribution is 2.39. The lowest BCUT2D eigenvalue weighted by molar-refractivity contribution is -0.146. The van der Waals surface area contributed by atoms with E-state index in [4.69, 9.17) is 5.73 Å². The molecule has 3 heterocycles. The van der Waals surface area contributed by atoms with Crippen molar-refractivity contribution in [3.63, 3.8) is 0 Å². The van der Waals surface area contributed by atoms with Crippen LogP contribution in [0.4, 0.5) is 38.0 Å². The van der Waals surface area contributed by atoms with E-state index in [2.05, 4.69) is 20.3 Å². The third-order valence-electron chi connectivity index (χ3n) is 5.33. The maximum atomic E-state index is 13.4. The van der Waals surface area contributed by atoms with E-state index >= 15 is 0 Å². The van der Waals surface area contributed by atoms with Crippen LogP contribution in [0.15, 0.2) is 55.1 Å². The van der Waals surface area contributed by atoms with Crippen LogP contribution in [0, 0.1) is 0 Å².